The molecule has 23 heavy (non-hydrogen) atoms. The summed E-state index contributed by atoms with van der Waals surface area (Å²) < 4.78 is 1.95. The third-order valence-corrected chi connectivity index (χ3v) is 3.55. The molecule has 1 unspecified atom stereocenters. The molecular formula is C20H18N2O. The molecule has 3 nitrogen and oxygen atoms in total. The molecule has 1 aromatic heterocycles. The summed E-state index contributed by atoms with van der Waals surface area (Å²) in [6, 6.07) is 18.1. The molecule has 0 aliphatic rings. The normalized spacial score (nSPS) is 11.6. The number of benzene rings is 2. The second-order valence-electron chi connectivity index (χ2n) is 5.40. The smallest absolute Gasteiger partial charge is 0.137 e. The van der Waals surface area contributed by atoms with E-state index in [1.54, 1.807) is 13.1 Å². The van der Waals surface area contributed by atoms with Gasteiger partial charge in [0, 0.05) is 30.1 Å². The van der Waals surface area contributed by atoms with Crippen molar-refractivity contribution in [2.45, 2.75) is 19.6 Å². The van der Waals surface area contributed by atoms with Crippen molar-refractivity contribution in [2.24, 2.45) is 0 Å². The second-order valence-corrected chi connectivity index (χ2v) is 5.40. The number of aliphatic hydroxyl groups excluding tert-OH is 1. The maximum absolute atomic E-state index is 9.69. The van der Waals surface area contributed by atoms with Crippen LogP contribution in [0.15, 0.2) is 67.0 Å². The van der Waals surface area contributed by atoms with E-state index in [1.807, 2.05) is 53.2 Å². The molecular weight excluding hydrogens is 284 g/mol. The molecule has 3 heteroatoms. The van der Waals surface area contributed by atoms with E-state index in [1.165, 1.54) is 0 Å². The fourth-order valence-corrected chi connectivity index (χ4v) is 2.38. The van der Waals surface area contributed by atoms with Gasteiger partial charge in [-0.1, -0.05) is 42.2 Å². The fraction of sp³-hybridized carbons (Fsp3) is 0.150. The Morgan fingerprint density at radius 1 is 1.00 bits per heavy atom. The minimum Gasteiger partial charge on any atom is -0.385 e. The van der Waals surface area contributed by atoms with Gasteiger partial charge >= 0.3 is 0 Å². The third kappa shape index (κ3) is 3.88. The number of rotatable bonds is 3. The van der Waals surface area contributed by atoms with E-state index in [-0.39, 0.29) is 0 Å². The predicted octanol–water partition coefficient (Wildman–Crippen LogP) is 3.38. The summed E-state index contributed by atoms with van der Waals surface area (Å²) in [6.45, 7) is 2.41. The SMILES string of the molecule is CC(O)c1nccn1Cc1ccc(C#Cc2ccccc2)cc1. The first-order chi connectivity index (χ1) is 11.2. The molecule has 2 aromatic carbocycles. The van der Waals surface area contributed by atoms with E-state index in [9.17, 15) is 5.11 Å². The van der Waals surface area contributed by atoms with Gasteiger partial charge in [0.25, 0.3) is 0 Å². The Bertz CT molecular complexity index is 821. The maximum Gasteiger partial charge on any atom is 0.137 e. The van der Waals surface area contributed by atoms with Crippen LogP contribution in [0.1, 0.15) is 35.5 Å². The van der Waals surface area contributed by atoms with Crippen molar-refractivity contribution in [3.8, 4) is 11.8 Å². The zero-order chi connectivity index (χ0) is 16.1. The van der Waals surface area contributed by atoms with Gasteiger partial charge in [-0.05, 0) is 36.8 Å². The first kappa shape index (κ1) is 15.1. The lowest BCUT2D eigenvalue weighted by Gasteiger charge is -2.09. The average molecular weight is 302 g/mol. The van der Waals surface area contributed by atoms with Crippen LogP contribution in [0.25, 0.3) is 0 Å². The summed E-state index contributed by atoms with van der Waals surface area (Å²) in [5.74, 6) is 7.00. The summed E-state index contributed by atoms with van der Waals surface area (Å²) in [7, 11) is 0. The molecule has 0 aliphatic carbocycles. The van der Waals surface area contributed by atoms with Gasteiger partial charge in [0.1, 0.15) is 11.9 Å². The van der Waals surface area contributed by atoms with Gasteiger partial charge in [-0.3, -0.25) is 0 Å². The van der Waals surface area contributed by atoms with Crippen LogP contribution < -0.4 is 0 Å². The Kier molecular flexibility index (Phi) is 4.56. The molecule has 0 saturated carbocycles. The van der Waals surface area contributed by atoms with E-state index >= 15 is 0 Å². The van der Waals surface area contributed by atoms with Gasteiger partial charge in [0.15, 0.2) is 0 Å². The molecule has 1 N–H and O–H groups in total. The summed E-state index contributed by atoms with van der Waals surface area (Å²) in [4.78, 5) is 4.18. The van der Waals surface area contributed by atoms with Crippen LogP contribution in [0.2, 0.25) is 0 Å². The Morgan fingerprint density at radius 2 is 1.65 bits per heavy atom. The second kappa shape index (κ2) is 6.95. The number of imidazole rings is 1. The summed E-state index contributed by atoms with van der Waals surface area (Å²) in [5, 5.41) is 9.69. The van der Waals surface area contributed by atoms with Gasteiger partial charge in [0.05, 0.1) is 0 Å². The van der Waals surface area contributed by atoms with Crippen LogP contribution >= 0.6 is 0 Å². The van der Waals surface area contributed by atoms with Crippen LogP contribution in [-0.4, -0.2) is 14.7 Å². The molecule has 0 radical (unpaired) electrons. The van der Waals surface area contributed by atoms with Gasteiger partial charge in [-0.15, -0.1) is 0 Å². The molecule has 1 heterocycles. The summed E-state index contributed by atoms with van der Waals surface area (Å²) in [5.41, 5.74) is 3.14. The van der Waals surface area contributed by atoms with Crippen LogP contribution in [0, 0.1) is 11.8 Å². The number of hydrogen-bond acceptors (Lipinski definition) is 2. The number of hydrogen-bond donors (Lipinski definition) is 1. The predicted molar refractivity (Wildman–Crippen MR) is 90.8 cm³/mol. The molecule has 1 atom stereocenters. The van der Waals surface area contributed by atoms with Crippen molar-refractivity contribution in [1.82, 2.24) is 9.55 Å². The first-order valence-electron chi connectivity index (χ1n) is 7.57. The van der Waals surface area contributed by atoms with Gasteiger partial charge < -0.3 is 9.67 Å². The quantitative estimate of drug-likeness (QED) is 0.753. The van der Waals surface area contributed by atoms with E-state index in [0.717, 1.165) is 16.7 Å². The minimum absolute atomic E-state index is 0.569. The highest BCUT2D eigenvalue weighted by Gasteiger charge is 2.08. The minimum atomic E-state index is -0.569. The molecule has 3 aromatic rings. The molecule has 0 aliphatic heterocycles. The van der Waals surface area contributed by atoms with E-state index in [2.05, 4.69) is 29.0 Å². The zero-order valence-electron chi connectivity index (χ0n) is 13.0. The van der Waals surface area contributed by atoms with Crippen molar-refractivity contribution in [2.75, 3.05) is 0 Å². The maximum atomic E-state index is 9.69. The Hall–Kier alpha value is -2.83. The number of aliphatic hydroxyl groups is 1. The van der Waals surface area contributed by atoms with Crippen molar-refractivity contribution >= 4 is 0 Å². The van der Waals surface area contributed by atoms with Crippen LogP contribution in [0.4, 0.5) is 0 Å². The fourth-order valence-electron chi connectivity index (χ4n) is 2.38. The molecule has 0 fully saturated rings. The highest BCUT2D eigenvalue weighted by molar-refractivity contribution is 5.43. The molecule has 0 spiro atoms. The Balaban J connectivity index is 1.73. The Labute approximate surface area is 136 Å². The van der Waals surface area contributed by atoms with Crippen molar-refractivity contribution < 1.29 is 5.11 Å². The standard InChI is InChI=1S/C20H18N2O/c1-16(23)20-21-13-14-22(20)15-19-11-9-18(10-12-19)8-7-17-5-3-2-4-6-17/h2-6,9-14,16,23H,15H2,1H3. The van der Waals surface area contributed by atoms with Crippen molar-refractivity contribution in [3.63, 3.8) is 0 Å². The first-order valence-corrected chi connectivity index (χ1v) is 7.57. The zero-order valence-corrected chi connectivity index (χ0v) is 13.0. The Morgan fingerprint density at radius 3 is 2.30 bits per heavy atom. The topological polar surface area (TPSA) is 38.1 Å². The third-order valence-electron chi connectivity index (χ3n) is 3.55. The molecule has 0 bridgehead atoms. The number of aromatic nitrogens is 2. The lowest BCUT2D eigenvalue weighted by molar-refractivity contribution is 0.184. The molecule has 0 saturated heterocycles. The van der Waals surface area contributed by atoms with Gasteiger partial charge in [-0.2, -0.15) is 0 Å². The lowest BCUT2D eigenvalue weighted by Crippen LogP contribution is -2.07. The van der Waals surface area contributed by atoms with Crippen LogP contribution in [0.5, 0.6) is 0 Å². The molecule has 0 amide bonds. The lowest BCUT2D eigenvalue weighted by atomic mass is 10.1. The summed E-state index contributed by atoms with van der Waals surface area (Å²) >= 11 is 0. The molecule has 114 valence electrons. The van der Waals surface area contributed by atoms with Gasteiger partial charge in [-0.25, -0.2) is 4.98 Å². The number of nitrogens with zero attached hydrogens (tertiary/aromatic N) is 2. The largest absolute Gasteiger partial charge is 0.385 e. The summed E-state index contributed by atoms with van der Waals surface area (Å²) in [6.07, 6.45) is 3.02. The van der Waals surface area contributed by atoms with Crippen LogP contribution in [-0.2, 0) is 6.54 Å². The highest BCUT2D eigenvalue weighted by atomic mass is 16.3. The highest BCUT2D eigenvalue weighted by Crippen LogP contribution is 2.12. The van der Waals surface area contributed by atoms with E-state index in [4.69, 9.17) is 0 Å². The van der Waals surface area contributed by atoms with Crippen molar-refractivity contribution in [1.29, 1.82) is 0 Å². The monoisotopic (exact) mass is 302 g/mol. The van der Waals surface area contributed by atoms with Crippen molar-refractivity contribution in [3.05, 3.63) is 89.5 Å². The van der Waals surface area contributed by atoms with E-state index < -0.39 is 6.10 Å². The van der Waals surface area contributed by atoms with Gasteiger partial charge in [0.2, 0.25) is 0 Å². The average Bonchev–Trinajstić information content (AvgIpc) is 3.04. The van der Waals surface area contributed by atoms with Crippen LogP contribution in [0.3, 0.4) is 0 Å². The molecule has 3 rings (SSSR count). The van der Waals surface area contributed by atoms with E-state index in [0.29, 0.717) is 12.4 Å².